The zero-order valence-electron chi connectivity index (χ0n) is 26.6. The van der Waals surface area contributed by atoms with E-state index in [-0.39, 0.29) is 12.6 Å². The molecule has 0 aromatic rings. The average Bonchev–Trinajstić information content (AvgIpc) is 2.96. The maximum Gasteiger partial charge on any atom is 0.306 e. The van der Waals surface area contributed by atoms with Crippen molar-refractivity contribution in [3.05, 3.63) is 36.5 Å². The predicted molar refractivity (Wildman–Crippen MR) is 173 cm³/mol. The molecule has 0 aliphatic heterocycles. The van der Waals surface area contributed by atoms with Gasteiger partial charge in [0.15, 0.2) is 0 Å². The molecule has 4 nitrogen and oxygen atoms in total. The molecule has 0 aliphatic carbocycles. The topological polar surface area (TPSA) is 55.8 Å². The first-order valence-electron chi connectivity index (χ1n) is 17.1. The number of ether oxygens (including phenoxy) is 2. The van der Waals surface area contributed by atoms with E-state index in [0.717, 1.165) is 44.9 Å². The third kappa shape index (κ3) is 31.1. The van der Waals surface area contributed by atoms with Gasteiger partial charge in [-0.2, -0.15) is 0 Å². The van der Waals surface area contributed by atoms with E-state index < -0.39 is 6.10 Å². The van der Waals surface area contributed by atoms with Crippen LogP contribution in [0.25, 0.3) is 0 Å². The van der Waals surface area contributed by atoms with Gasteiger partial charge < -0.3 is 14.6 Å². The Morgan fingerprint density at radius 2 is 1.05 bits per heavy atom. The predicted octanol–water partition coefficient (Wildman–Crippen LogP) is 10.6. The van der Waals surface area contributed by atoms with Crippen molar-refractivity contribution in [2.75, 3.05) is 19.8 Å². The van der Waals surface area contributed by atoms with Gasteiger partial charge in [-0.25, -0.2) is 0 Å². The first-order valence-corrected chi connectivity index (χ1v) is 17.1. The summed E-state index contributed by atoms with van der Waals surface area (Å²) in [6.07, 6.45) is 40.4. The van der Waals surface area contributed by atoms with Gasteiger partial charge in [-0.1, -0.05) is 140 Å². The number of allylic oxidation sites excluding steroid dienone is 6. The van der Waals surface area contributed by atoms with Crippen molar-refractivity contribution in [3.8, 4) is 0 Å². The number of unbranched alkanes of at least 4 members (excludes halogenated alkanes) is 17. The number of aliphatic hydroxyl groups is 1. The van der Waals surface area contributed by atoms with Crippen molar-refractivity contribution in [2.45, 2.75) is 168 Å². The van der Waals surface area contributed by atoms with Gasteiger partial charge in [-0.15, -0.1) is 0 Å². The first kappa shape index (κ1) is 38.6. The number of carbonyl (C=O) groups excluding carboxylic acids is 1. The molecular weight excluding hydrogens is 496 g/mol. The number of carbonyl (C=O) groups is 1. The number of aliphatic hydroxyl groups excluding tert-OH is 1. The molecule has 0 saturated carbocycles. The van der Waals surface area contributed by atoms with Crippen LogP contribution in [0.4, 0.5) is 0 Å². The molecule has 0 rings (SSSR count). The van der Waals surface area contributed by atoms with E-state index in [1.54, 1.807) is 0 Å². The normalized spacial score (nSPS) is 12.8. The van der Waals surface area contributed by atoms with Crippen LogP contribution in [0.2, 0.25) is 0 Å². The van der Waals surface area contributed by atoms with Crippen LogP contribution >= 0.6 is 0 Å². The third-order valence-electron chi connectivity index (χ3n) is 7.22. The third-order valence-corrected chi connectivity index (χ3v) is 7.22. The van der Waals surface area contributed by atoms with Crippen LogP contribution in [0, 0.1) is 0 Å². The summed E-state index contributed by atoms with van der Waals surface area (Å²) in [6.45, 7) is 5.28. The molecule has 0 spiro atoms. The monoisotopic (exact) mass is 562 g/mol. The van der Waals surface area contributed by atoms with E-state index >= 15 is 0 Å². The molecule has 0 amide bonds. The Morgan fingerprint density at radius 1 is 0.600 bits per heavy atom. The minimum absolute atomic E-state index is 0.176. The van der Waals surface area contributed by atoms with E-state index in [1.165, 1.54) is 96.3 Å². The zero-order valence-corrected chi connectivity index (χ0v) is 26.6. The highest BCUT2D eigenvalue weighted by molar-refractivity contribution is 5.69. The summed E-state index contributed by atoms with van der Waals surface area (Å²) < 4.78 is 11.0. The summed E-state index contributed by atoms with van der Waals surface area (Å²) in [5.74, 6) is -0.216. The number of esters is 1. The van der Waals surface area contributed by atoms with Crippen LogP contribution in [0.5, 0.6) is 0 Å². The Bertz CT molecular complexity index is 596. The molecule has 0 aromatic heterocycles. The second-order valence-corrected chi connectivity index (χ2v) is 11.2. The maximum atomic E-state index is 12.1. The summed E-state index contributed by atoms with van der Waals surface area (Å²) >= 11 is 0. The highest BCUT2D eigenvalue weighted by Crippen LogP contribution is 2.11. The van der Waals surface area contributed by atoms with Crippen molar-refractivity contribution in [3.63, 3.8) is 0 Å². The van der Waals surface area contributed by atoms with E-state index in [4.69, 9.17) is 9.47 Å². The Kier molecular flexibility index (Phi) is 32.6. The molecule has 1 N–H and O–H groups in total. The van der Waals surface area contributed by atoms with Crippen LogP contribution in [-0.2, 0) is 14.3 Å². The van der Waals surface area contributed by atoms with Gasteiger partial charge in [0.2, 0.25) is 0 Å². The SMILES string of the molecule is CCCCCCC/C=C\C/C=C\C/C=C\CCCCCCCCC(=O)OC(CO)COCCCCCCCCC. The van der Waals surface area contributed by atoms with Crippen LogP contribution in [0.1, 0.15) is 162 Å². The maximum absolute atomic E-state index is 12.1. The van der Waals surface area contributed by atoms with E-state index in [2.05, 4.69) is 50.3 Å². The van der Waals surface area contributed by atoms with E-state index in [0.29, 0.717) is 19.6 Å². The van der Waals surface area contributed by atoms with Crippen LogP contribution in [-0.4, -0.2) is 37.0 Å². The van der Waals surface area contributed by atoms with Crippen molar-refractivity contribution >= 4 is 5.97 Å². The second-order valence-electron chi connectivity index (χ2n) is 11.2. The van der Waals surface area contributed by atoms with Crippen molar-refractivity contribution < 1.29 is 19.4 Å². The van der Waals surface area contributed by atoms with Gasteiger partial charge in [0.05, 0.1) is 13.2 Å². The summed E-state index contributed by atoms with van der Waals surface area (Å²) in [4.78, 5) is 12.1. The van der Waals surface area contributed by atoms with Gasteiger partial charge in [-0.05, 0) is 51.4 Å². The number of hydrogen-bond donors (Lipinski definition) is 1. The molecule has 0 heterocycles. The molecule has 1 atom stereocenters. The van der Waals surface area contributed by atoms with E-state index in [9.17, 15) is 9.90 Å². The molecule has 4 heteroatoms. The summed E-state index contributed by atoms with van der Waals surface area (Å²) in [5.41, 5.74) is 0. The minimum Gasteiger partial charge on any atom is -0.457 e. The second kappa shape index (κ2) is 33.8. The van der Waals surface area contributed by atoms with Crippen molar-refractivity contribution in [1.82, 2.24) is 0 Å². The lowest BCUT2D eigenvalue weighted by atomic mass is 10.1. The zero-order chi connectivity index (χ0) is 29.2. The smallest absolute Gasteiger partial charge is 0.306 e. The fourth-order valence-electron chi connectivity index (χ4n) is 4.63. The Hall–Kier alpha value is -1.39. The molecule has 1 unspecified atom stereocenters. The lowest BCUT2D eigenvalue weighted by Crippen LogP contribution is -2.27. The lowest BCUT2D eigenvalue weighted by Gasteiger charge is -2.15. The van der Waals surface area contributed by atoms with Gasteiger partial charge in [0.1, 0.15) is 6.10 Å². The average molecular weight is 563 g/mol. The van der Waals surface area contributed by atoms with Gasteiger partial charge >= 0.3 is 5.97 Å². The highest BCUT2D eigenvalue weighted by atomic mass is 16.6. The van der Waals surface area contributed by atoms with Gasteiger partial charge in [0.25, 0.3) is 0 Å². The molecular formula is C36H66O4. The van der Waals surface area contributed by atoms with Crippen molar-refractivity contribution in [1.29, 1.82) is 0 Å². The number of rotatable bonds is 31. The fourth-order valence-corrected chi connectivity index (χ4v) is 4.63. The van der Waals surface area contributed by atoms with Crippen LogP contribution in [0.15, 0.2) is 36.5 Å². The van der Waals surface area contributed by atoms with Crippen molar-refractivity contribution in [2.24, 2.45) is 0 Å². The molecule has 0 bridgehead atoms. The largest absolute Gasteiger partial charge is 0.457 e. The highest BCUT2D eigenvalue weighted by Gasteiger charge is 2.13. The van der Waals surface area contributed by atoms with Crippen LogP contribution < -0.4 is 0 Å². The molecule has 0 aromatic carbocycles. The van der Waals surface area contributed by atoms with Crippen LogP contribution in [0.3, 0.4) is 0 Å². The molecule has 0 saturated heterocycles. The van der Waals surface area contributed by atoms with E-state index in [1.807, 2.05) is 0 Å². The first-order chi connectivity index (χ1) is 19.7. The molecule has 40 heavy (non-hydrogen) atoms. The Balaban J connectivity index is 3.49. The minimum atomic E-state index is -0.535. The van der Waals surface area contributed by atoms with Gasteiger partial charge in [-0.3, -0.25) is 4.79 Å². The standard InChI is InChI=1S/C36H66O4/c1-3-5-7-9-11-12-13-14-15-16-17-18-19-20-21-22-23-24-25-27-29-31-36(38)40-35(33-37)34-39-32-30-28-26-10-8-6-4-2/h13-14,16-17,19-20,35,37H,3-12,15,18,21-34H2,1-2H3/b14-13-,17-16-,20-19-. The fraction of sp³-hybridized carbons (Fsp3) is 0.806. The molecule has 234 valence electrons. The molecule has 0 radical (unpaired) electrons. The molecule has 0 aliphatic rings. The lowest BCUT2D eigenvalue weighted by molar-refractivity contribution is -0.154. The number of hydrogen-bond acceptors (Lipinski definition) is 4. The Morgan fingerprint density at radius 3 is 1.57 bits per heavy atom. The molecule has 0 fully saturated rings. The van der Waals surface area contributed by atoms with Gasteiger partial charge in [0, 0.05) is 13.0 Å². The quantitative estimate of drug-likeness (QED) is 0.0518. The summed E-state index contributed by atoms with van der Waals surface area (Å²) in [6, 6.07) is 0. The summed E-state index contributed by atoms with van der Waals surface area (Å²) in [7, 11) is 0. The summed E-state index contributed by atoms with van der Waals surface area (Å²) in [5, 5.41) is 9.48. The Labute approximate surface area is 249 Å².